The molecule has 0 aliphatic heterocycles. The van der Waals surface area contributed by atoms with Crippen molar-refractivity contribution in [3.8, 4) is 0 Å². The number of aliphatic hydroxyl groups is 1. The van der Waals surface area contributed by atoms with Gasteiger partial charge in [0.1, 0.15) is 0 Å². The maximum absolute atomic E-state index is 9.13. The van der Waals surface area contributed by atoms with Crippen molar-refractivity contribution in [3.63, 3.8) is 0 Å². The molecular weight excluding hydrogens is 164 g/mol. The van der Waals surface area contributed by atoms with E-state index < -0.39 is 0 Å². The van der Waals surface area contributed by atoms with Crippen LogP contribution in [0.15, 0.2) is 0 Å². The number of thioether (sulfide) groups is 2. The van der Waals surface area contributed by atoms with E-state index in [1.807, 2.05) is 30.4 Å². The first-order chi connectivity index (χ1) is 4.81. The van der Waals surface area contributed by atoms with Crippen LogP contribution in [0, 0.1) is 0 Å². The Kier molecular flexibility index (Phi) is 8.28. The van der Waals surface area contributed by atoms with Gasteiger partial charge in [0.2, 0.25) is 0 Å². The van der Waals surface area contributed by atoms with Crippen molar-refractivity contribution in [3.05, 3.63) is 0 Å². The van der Waals surface area contributed by atoms with Gasteiger partial charge in [-0.1, -0.05) is 6.92 Å². The molecule has 1 nitrogen and oxygen atoms in total. The van der Waals surface area contributed by atoms with Gasteiger partial charge >= 0.3 is 0 Å². The fourth-order valence-electron chi connectivity index (χ4n) is 0.479. The summed E-state index contributed by atoms with van der Waals surface area (Å²) in [6, 6.07) is 0. The molecule has 1 N–H and O–H groups in total. The Morgan fingerprint density at radius 1 is 1.40 bits per heavy atom. The topological polar surface area (TPSA) is 20.2 Å². The summed E-state index contributed by atoms with van der Waals surface area (Å²) in [5.41, 5.74) is 0. The first-order valence-electron chi connectivity index (χ1n) is 3.56. The van der Waals surface area contributed by atoms with Gasteiger partial charge in [-0.25, -0.2) is 0 Å². The minimum Gasteiger partial charge on any atom is -0.392 e. The molecule has 0 aliphatic rings. The molecular formula is C7H16OS2. The van der Waals surface area contributed by atoms with E-state index >= 15 is 0 Å². The Hall–Kier alpha value is 0.660. The lowest BCUT2D eigenvalue weighted by Crippen LogP contribution is -2.08. The monoisotopic (exact) mass is 180 g/mol. The van der Waals surface area contributed by atoms with E-state index in [9.17, 15) is 0 Å². The Bertz CT molecular complexity index is 68.6. The summed E-state index contributed by atoms with van der Waals surface area (Å²) < 4.78 is 0. The zero-order chi connectivity index (χ0) is 7.82. The molecule has 0 amide bonds. The second kappa shape index (κ2) is 7.76. The number of aliphatic hydroxyl groups excluding tert-OH is 1. The number of hydrogen-bond acceptors (Lipinski definition) is 3. The third kappa shape index (κ3) is 6.78. The van der Waals surface area contributed by atoms with Crippen LogP contribution in [0.3, 0.4) is 0 Å². The minimum atomic E-state index is -0.0909. The quantitative estimate of drug-likeness (QED) is 0.630. The summed E-state index contributed by atoms with van der Waals surface area (Å²) in [7, 11) is 0. The molecule has 0 bridgehead atoms. The average molecular weight is 180 g/mol. The molecule has 0 spiro atoms. The first-order valence-corrected chi connectivity index (χ1v) is 6.10. The first kappa shape index (κ1) is 10.7. The lowest BCUT2D eigenvalue weighted by Gasteiger charge is -2.05. The van der Waals surface area contributed by atoms with Crippen LogP contribution < -0.4 is 0 Å². The summed E-state index contributed by atoms with van der Waals surface area (Å²) in [6.45, 7) is 2.01. The summed E-state index contributed by atoms with van der Waals surface area (Å²) >= 11 is 3.70. The Morgan fingerprint density at radius 3 is 2.60 bits per heavy atom. The Morgan fingerprint density at radius 2 is 2.10 bits per heavy atom. The molecule has 0 aromatic carbocycles. The van der Waals surface area contributed by atoms with Crippen molar-refractivity contribution >= 4 is 23.5 Å². The van der Waals surface area contributed by atoms with E-state index in [0.29, 0.717) is 0 Å². The third-order valence-corrected chi connectivity index (χ3v) is 3.20. The summed E-state index contributed by atoms with van der Waals surface area (Å²) in [4.78, 5) is 0. The molecule has 0 radical (unpaired) electrons. The van der Waals surface area contributed by atoms with E-state index in [1.165, 1.54) is 5.75 Å². The maximum Gasteiger partial charge on any atom is 0.0628 e. The van der Waals surface area contributed by atoms with Gasteiger partial charge in [0.15, 0.2) is 0 Å². The smallest absolute Gasteiger partial charge is 0.0628 e. The average Bonchev–Trinajstić information content (AvgIpc) is 1.98. The van der Waals surface area contributed by atoms with Crippen molar-refractivity contribution < 1.29 is 5.11 Å². The lowest BCUT2D eigenvalue weighted by atomic mass is 10.3. The molecule has 0 saturated carbocycles. The Labute approximate surface area is 72.0 Å². The van der Waals surface area contributed by atoms with Crippen molar-refractivity contribution in [1.82, 2.24) is 0 Å². The van der Waals surface area contributed by atoms with E-state index in [1.54, 1.807) is 0 Å². The molecule has 10 heavy (non-hydrogen) atoms. The highest BCUT2D eigenvalue weighted by Crippen LogP contribution is 2.07. The van der Waals surface area contributed by atoms with Gasteiger partial charge in [0.25, 0.3) is 0 Å². The second-order valence-corrected chi connectivity index (χ2v) is 4.27. The lowest BCUT2D eigenvalue weighted by molar-refractivity contribution is 0.195. The fourth-order valence-corrected chi connectivity index (χ4v) is 2.29. The van der Waals surface area contributed by atoms with Crippen molar-refractivity contribution in [2.75, 3.05) is 23.5 Å². The van der Waals surface area contributed by atoms with Crippen LogP contribution in [-0.2, 0) is 0 Å². The fraction of sp³-hybridized carbons (Fsp3) is 1.00. The summed E-state index contributed by atoms with van der Waals surface area (Å²) in [6.07, 6.45) is 2.90. The van der Waals surface area contributed by atoms with Gasteiger partial charge in [-0.2, -0.15) is 23.5 Å². The molecule has 0 heterocycles. The highest BCUT2D eigenvalue weighted by molar-refractivity contribution is 8.02. The van der Waals surface area contributed by atoms with Gasteiger partial charge in [0.05, 0.1) is 6.10 Å². The van der Waals surface area contributed by atoms with Crippen molar-refractivity contribution in [2.45, 2.75) is 19.4 Å². The van der Waals surface area contributed by atoms with Crippen LogP contribution >= 0.6 is 23.5 Å². The zero-order valence-corrected chi connectivity index (χ0v) is 8.30. The molecule has 0 fully saturated rings. The maximum atomic E-state index is 9.13. The molecule has 0 saturated heterocycles. The van der Waals surface area contributed by atoms with Crippen LogP contribution in [0.5, 0.6) is 0 Å². The van der Waals surface area contributed by atoms with Crippen LogP contribution in [0.1, 0.15) is 13.3 Å². The van der Waals surface area contributed by atoms with Gasteiger partial charge in [-0.3, -0.25) is 0 Å². The van der Waals surface area contributed by atoms with E-state index in [4.69, 9.17) is 5.11 Å². The van der Waals surface area contributed by atoms with Crippen LogP contribution in [-0.4, -0.2) is 34.7 Å². The zero-order valence-electron chi connectivity index (χ0n) is 6.67. The summed E-state index contributed by atoms with van der Waals surface area (Å²) in [5, 5.41) is 9.13. The van der Waals surface area contributed by atoms with Crippen LogP contribution in [0.25, 0.3) is 0 Å². The number of rotatable bonds is 6. The van der Waals surface area contributed by atoms with Gasteiger partial charge in [-0.15, -0.1) is 0 Å². The number of hydrogen-bond donors (Lipinski definition) is 1. The largest absolute Gasteiger partial charge is 0.392 e. The normalized spacial score (nSPS) is 13.5. The van der Waals surface area contributed by atoms with E-state index in [2.05, 4.69) is 6.26 Å². The van der Waals surface area contributed by atoms with Gasteiger partial charge < -0.3 is 5.11 Å². The predicted octanol–water partition coefficient (Wildman–Crippen LogP) is 1.85. The highest BCUT2D eigenvalue weighted by atomic mass is 32.2. The van der Waals surface area contributed by atoms with Crippen molar-refractivity contribution in [2.24, 2.45) is 0 Å². The van der Waals surface area contributed by atoms with E-state index in [-0.39, 0.29) is 6.10 Å². The highest BCUT2D eigenvalue weighted by Gasteiger charge is 1.98. The van der Waals surface area contributed by atoms with Crippen molar-refractivity contribution in [1.29, 1.82) is 0 Å². The van der Waals surface area contributed by atoms with Crippen LogP contribution in [0.4, 0.5) is 0 Å². The minimum absolute atomic E-state index is 0.0909. The molecule has 3 heteroatoms. The standard InChI is InChI=1S/C7H16OS2/c1-3-7(8)6-10-5-4-9-2/h7-8H,3-6H2,1-2H3/t7-/m1/s1. The molecule has 0 aliphatic carbocycles. The third-order valence-electron chi connectivity index (χ3n) is 1.21. The molecule has 62 valence electrons. The van der Waals surface area contributed by atoms with Gasteiger partial charge in [-0.05, 0) is 12.7 Å². The molecule has 0 aromatic heterocycles. The molecule has 0 rings (SSSR count). The molecule has 0 aromatic rings. The summed E-state index contributed by atoms with van der Waals surface area (Å²) in [5.74, 6) is 3.26. The van der Waals surface area contributed by atoms with Crippen LogP contribution in [0.2, 0.25) is 0 Å². The van der Waals surface area contributed by atoms with E-state index in [0.717, 1.165) is 17.9 Å². The molecule has 0 unspecified atom stereocenters. The Balaban J connectivity index is 2.89. The predicted molar refractivity (Wildman–Crippen MR) is 52.0 cm³/mol. The second-order valence-electron chi connectivity index (χ2n) is 2.13. The SMILES string of the molecule is CC[C@@H](O)CSCCSC. The molecule has 1 atom stereocenters. The van der Waals surface area contributed by atoms with Gasteiger partial charge in [0, 0.05) is 17.3 Å².